The van der Waals surface area contributed by atoms with Gasteiger partial charge in [-0.3, -0.25) is 0 Å². The first-order valence-electron chi connectivity index (χ1n) is 0.654. The molecule has 0 aliphatic heterocycles. The minimum atomic E-state index is -2.87. The Kier molecular flexibility index (Phi) is 1.62. The van der Waals surface area contributed by atoms with E-state index in [4.69, 9.17) is 0 Å². The molecule has 0 aliphatic rings. The number of hydrogen-bond acceptors (Lipinski definition) is 0. The Morgan fingerprint density at radius 3 is 1.50 bits per heavy atom. The summed E-state index contributed by atoms with van der Waals surface area (Å²) in [5.41, 5.74) is 0. The van der Waals surface area contributed by atoms with Gasteiger partial charge in [-0.25, -0.2) is 0 Å². The van der Waals surface area contributed by atoms with E-state index in [9.17, 15) is 8.39 Å². The predicted molar refractivity (Wildman–Crippen MR) is 16.3 cm³/mol. The second kappa shape index (κ2) is 1.54. The van der Waals surface area contributed by atoms with Crippen LogP contribution in [-0.2, 0) is 0 Å². The second-order valence-electron chi connectivity index (χ2n) is 0.303. The van der Waals surface area contributed by atoms with Gasteiger partial charge in [0.15, 0.2) is 0 Å². The maximum absolute atomic E-state index is 10.3. The molecule has 0 radical (unpaired) electrons. The average molecular weight is 80.8 g/mol. The van der Waals surface area contributed by atoms with Gasteiger partial charge < -0.3 is 0 Å². The van der Waals surface area contributed by atoms with Crippen molar-refractivity contribution in [3.63, 3.8) is 0 Å². The first-order valence-corrected chi connectivity index (χ1v) is 1.96. The topological polar surface area (TPSA) is 0 Å². The Labute approximate surface area is 24.8 Å². The van der Waals surface area contributed by atoms with Crippen molar-refractivity contribution in [1.82, 2.24) is 0 Å². The fraction of sp³-hybridized carbons (Fsp3) is 0. The minimum absolute atomic E-state index is 2.37. The van der Waals surface area contributed by atoms with Crippen molar-refractivity contribution in [1.29, 1.82) is 0 Å². The molecule has 0 aromatic rings. The molecule has 0 aromatic carbocycles. The number of halogens is 2. The van der Waals surface area contributed by atoms with E-state index < -0.39 is 8.03 Å². The molecule has 0 bridgehead atoms. The van der Waals surface area contributed by atoms with Crippen LogP contribution in [0.5, 0.6) is 0 Å². The van der Waals surface area contributed by atoms with Gasteiger partial charge in [0.1, 0.15) is 0 Å². The fourth-order valence-electron chi connectivity index (χ4n) is 0. The van der Waals surface area contributed by atoms with E-state index in [-0.39, 0.29) is 0 Å². The molecule has 0 fully saturated rings. The summed E-state index contributed by atoms with van der Waals surface area (Å²) in [6.07, 6.45) is 0. The third kappa shape index (κ3) is 66.0. The van der Waals surface area contributed by atoms with Crippen LogP contribution in [0.3, 0.4) is 0 Å². The summed E-state index contributed by atoms with van der Waals surface area (Å²) in [6.45, 7) is 0. The quantitative estimate of drug-likeness (QED) is 0.302. The van der Waals surface area contributed by atoms with E-state index in [1.807, 2.05) is 0 Å². The number of rotatable bonds is 0. The maximum atomic E-state index is 10.3. The first-order chi connectivity index (χ1) is 1.73. The molecule has 0 amide bonds. The van der Waals surface area contributed by atoms with Gasteiger partial charge in [-0.05, 0) is 0 Å². The van der Waals surface area contributed by atoms with Crippen molar-refractivity contribution >= 4 is 15.2 Å². The molecule has 0 heterocycles. The van der Waals surface area contributed by atoms with Crippen molar-refractivity contribution in [3.05, 3.63) is 0 Å². The van der Waals surface area contributed by atoms with Gasteiger partial charge in [0, 0.05) is 0 Å². The van der Waals surface area contributed by atoms with E-state index in [1.165, 1.54) is 0 Å². The Morgan fingerprint density at radius 2 is 1.50 bits per heavy atom. The van der Waals surface area contributed by atoms with E-state index >= 15 is 0 Å². The fourth-order valence-corrected chi connectivity index (χ4v) is 0. The molecular weight excluding hydrogens is 79.8 g/mol. The molecule has 0 rings (SSSR count). The molecule has 4 heteroatoms. The Balaban J connectivity index is 2.80. The molecule has 0 atom stereocenters. The van der Waals surface area contributed by atoms with E-state index in [0.29, 0.717) is 0 Å². The Hall–Kier alpha value is 0.225. The van der Waals surface area contributed by atoms with Gasteiger partial charge in [-0.2, -0.15) is 0 Å². The van der Waals surface area contributed by atoms with Crippen molar-refractivity contribution in [2.75, 3.05) is 0 Å². The molecule has 0 unspecified atom stereocenters. The van der Waals surface area contributed by atoms with Gasteiger partial charge in [-0.1, -0.05) is 0 Å². The zero-order chi connectivity index (χ0) is 3.58. The molecule has 22 valence electrons. The summed E-state index contributed by atoms with van der Waals surface area (Å²) in [4.78, 5) is 0. The molecule has 0 aromatic heterocycles. The average Bonchev–Trinajstić information content (AvgIpc) is 0.811. The van der Waals surface area contributed by atoms with Crippen LogP contribution in [0.25, 0.3) is 0 Å². The molecule has 0 N–H and O–H groups in total. The van der Waals surface area contributed by atoms with Crippen molar-refractivity contribution in [3.8, 4) is 0 Å². The zero-order valence-electron chi connectivity index (χ0n) is 1.91. The van der Waals surface area contributed by atoms with Gasteiger partial charge in [-0.15, -0.1) is 0 Å². The van der Waals surface area contributed by atoms with Gasteiger partial charge in [0.25, 0.3) is 0 Å². The molecule has 0 nitrogen and oxygen atoms in total. The molecule has 0 spiro atoms. The Morgan fingerprint density at radius 1 is 1.50 bits per heavy atom. The molecule has 0 saturated carbocycles. The summed E-state index contributed by atoms with van der Waals surface area (Å²) in [5.74, 6) is 0. The van der Waals surface area contributed by atoms with E-state index in [2.05, 4.69) is 7.18 Å². The SMILES string of the molecule is B=[P+](F)F. The summed E-state index contributed by atoms with van der Waals surface area (Å²) in [6, 6.07) is 0. The summed E-state index contributed by atoms with van der Waals surface area (Å²) in [5, 5.41) is 0. The van der Waals surface area contributed by atoms with Crippen LogP contribution >= 0.6 is 8.03 Å². The summed E-state index contributed by atoms with van der Waals surface area (Å²) in [7, 11) is -0.500. The third-order valence-electron chi connectivity index (χ3n) is 0. The number of hydrogen-bond donors (Lipinski definition) is 0. The summed E-state index contributed by atoms with van der Waals surface area (Å²) < 4.78 is 20.6. The summed E-state index contributed by atoms with van der Waals surface area (Å²) >= 11 is 0. The van der Waals surface area contributed by atoms with E-state index in [0.717, 1.165) is 0 Å². The first kappa shape index (κ1) is 4.22. The van der Waals surface area contributed by atoms with Crippen LogP contribution in [0.15, 0.2) is 0 Å². The van der Waals surface area contributed by atoms with Gasteiger partial charge in [0.2, 0.25) is 0 Å². The molecule has 0 saturated heterocycles. The van der Waals surface area contributed by atoms with Crippen LogP contribution < -0.4 is 0 Å². The Bertz CT molecular complexity index is 29.0. The monoisotopic (exact) mass is 81.0 g/mol. The normalized spacial score (nSPS) is 6.25. The van der Waals surface area contributed by atoms with Crippen LogP contribution in [0.1, 0.15) is 0 Å². The van der Waals surface area contributed by atoms with Crippen molar-refractivity contribution < 1.29 is 8.39 Å². The third-order valence-corrected chi connectivity index (χ3v) is 0. The van der Waals surface area contributed by atoms with Crippen molar-refractivity contribution in [2.24, 2.45) is 0 Å². The molecule has 4 heavy (non-hydrogen) atoms. The van der Waals surface area contributed by atoms with Gasteiger partial charge >= 0.3 is 23.6 Å². The standard InChI is InChI=1S/BF2HP/c1-4(2)3/h1H/q+1. The van der Waals surface area contributed by atoms with Crippen LogP contribution in [0.4, 0.5) is 8.39 Å². The second-order valence-corrected chi connectivity index (χ2v) is 0.909. The zero-order valence-corrected chi connectivity index (χ0v) is 2.80. The van der Waals surface area contributed by atoms with Crippen LogP contribution in [-0.4, -0.2) is 7.18 Å². The molecular formula is HBF2P+. The van der Waals surface area contributed by atoms with Crippen LogP contribution in [0.2, 0.25) is 0 Å². The van der Waals surface area contributed by atoms with Gasteiger partial charge in [0.05, 0.1) is 0 Å². The predicted octanol–water partition coefficient (Wildman–Crippen LogP) is 1.05. The van der Waals surface area contributed by atoms with Crippen LogP contribution in [0, 0.1) is 0 Å². The molecule has 0 aliphatic carbocycles. The van der Waals surface area contributed by atoms with Crippen molar-refractivity contribution in [2.45, 2.75) is 0 Å². The van der Waals surface area contributed by atoms with E-state index in [1.54, 1.807) is 0 Å².